The van der Waals surface area contributed by atoms with Crippen LogP contribution in [-0.2, 0) is 0 Å². The molecule has 0 saturated carbocycles. The second-order valence-corrected chi connectivity index (χ2v) is 13.2. The molecular formula is C51H35N3. The van der Waals surface area contributed by atoms with Crippen molar-refractivity contribution in [2.75, 3.05) is 0 Å². The molecular weight excluding hydrogens is 655 g/mol. The maximum absolute atomic E-state index is 5.30. The third-order valence-electron chi connectivity index (χ3n) is 9.79. The summed E-state index contributed by atoms with van der Waals surface area (Å²) in [6.45, 7) is 0. The molecule has 0 saturated heterocycles. The first-order chi connectivity index (χ1) is 26.8. The quantitative estimate of drug-likeness (QED) is 0.159. The van der Waals surface area contributed by atoms with Crippen LogP contribution in [0.3, 0.4) is 0 Å². The van der Waals surface area contributed by atoms with E-state index >= 15 is 0 Å². The molecule has 1 heterocycles. The number of hydrogen-bond acceptors (Lipinski definition) is 3. The van der Waals surface area contributed by atoms with Crippen LogP contribution in [0, 0.1) is 0 Å². The predicted octanol–water partition coefficient (Wildman–Crippen LogP) is 13.2. The van der Waals surface area contributed by atoms with Crippen molar-refractivity contribution < 1.29 is 0 Å². The molecule has 0 unspecified atom stereocenters. The summed E-state index contributed by atoms with van der Waals surface area (Å²) in [5.74, 6) is 1.85. The van der Waals surface area contributed by atoms with E-state index in [0.29, 0.717) is 17.5 Å². The van der Waals surface area contributed by atoms with Gasteiger partial charge in [-0.1, -0.05) is 200 Å². The molecule has 0 spiro atoms. The molecule has 0 radical (unpaired) electrons. The fourth-order valence-corrected chi connectivity index (χ4v) is 7.02. The fraction of sp³-hybridized carbons (Fsp3) is 0. The lowest BCUT2D eigenvalue weighted by Gasteiger charge is -2.15. The van der Waals surface area contributed by atoms with E-state index in [-0.39, 0.29) is 0 Å². The van der Waals surface area contributed by atoms with E-state index in [1.807, 2.05) is 18.2 Å². The molecule has 0 fully saturated rings. The second-order valence-electron chi connectivity index (χ2n) is 13.2. The Morgan fingerprint density at radius 1 is 0.185 bits per heavy atom. The minimum Gasteiger partial charge on any atom is -0.208 e. The monoisotopic (exact) mass is 689 g/mol. The summed E-state index contributed by atoms with van der Waals surface area (Å²) in [7, 11) is 0. The lowest BCUT2D eigenvalue weighted by Crippen LogP contribution is -2.02. The maximum atomic E-state index is 5.30. The summed E-state index contributed by atoms with van der Waals surface area (Å²) in [5.41, 5.74) is 14.0. The Kier molecular flexibility index (Phi) is 8.94. The topological polar surface area (TPSA) is 38.7 Å². The number of hydrogen-bond donors (Lipinski definition) is 0. The number of rotatable bonds is 8. The van der Waals surface area contributed by atoms with Crippen LogP contribution in [0.4, 0.5) is 0 Å². The van der Waals surface area contributed by atoms with Crippen molar-refractivity contribution in [1.82, 2.24) is 15.0 Å². The summed E-state index contributed by atoms with van der Waals surface area (Å²) >= 11 is 0. The van der Waals surface area contributed by atoms with E-state index in [2.05, 4.69) is 194 Å². The van der Waals surface area contributed by atoms with Gasteiger partial charge in [0.1, 0.15) is 0 Å². The first kappa shape index (κ1) is 32.7. The molecule has 3 heteroatoms. The zero-order chi connectivity index (χ0) is 36.1. The van der Waals surface area contributed by atoms with Gasteiger partial charge >= 0.3 is 0 Å². The molecule has 0 aliphatic carbocycles. The van der Waals surface area contributed by atoms with Crippen molar-refractivity contribution in [3.05, 3.63) is 212 Å². The standard InChI is InChI=1S/C51H35N3/c1-6-16-36(17-7-1)38-26-28-42(29-27-38)49-52-50(44-31-33-45(39-20-10-3-11-21-39)47(35-44)41-24-14-5-15-25-41)54-51(53-49)48-34-43(37-18-8-2-9-19-37)30-32-46(48)40-22-12-4-13-23-40/h1-35H. The highest BCUT2D eigenvalue weighted by atomic mass is 15.0. The van der Waals surface area contributed by atoms with Crippen molar-refractivity contribution in [3.63, 3.8) is 0 Å². The summed E-state index contributed by atoms with van der Waals surface area (Å²) in [4.78, 5) is 15.7. The molecule has 0 aliphatic heterocycles. The molecule has 0 N–H and O–H groups in total. The Balaban J connectivity index is 1.26. The van der Waals surface area contributed by atoms with Gasteiger partial charge in [0.05, 0.1) is 0 Å². The third-order valence-corrected chi connectivity index (χ3v) is 9.79. The normalized spacial score (nSPS) is 11.0. The van der Waals surface area contributed by atoms with E-state index in [9.17, 15) is 0 Å². The smallest absolute Gasteiger partial charge is 0.164 e. The molecule has 1 aromatic heterocycles. The van der Waals surface area contributed by atoms with Crippen LogP contribution in [-0.4, -0.2) is 15.0 Å². The molecule has 0 amide bonds. The van der Waals surface area contributed by atoms with Crippen molar-refractivity contribution in [3.8, 4) is 89.8 Å². The van der Waals surface area contributed by atoms with Gasteiger partial charge in [0, 0.05) is 16.7 Å². The van der Waals surface area contributed by atoms with Crippen molar-refractivity contribution >= 4 is 0 Å². The van der Waals surface area contributed by atoms with Gasteiger partial charge in [-0.3, -0.25) is 0 Å². The zero-order valence-electron chi connectivity index (χ0n) is 29.5. The van der Waals surface area contributed by atoms with E-state index < -0.39 is 0 Å². The molecule has 9 aromatic rings. The first-order valence-corrected chi connectivity index (χ1v) is 18.2. The second kappa shape index (κ2) is 14.8. The van der Waals surface area contributed by atoms with Crippen LogP contribution in [0.5, 0.6) is 0 Å². The minimum atomic E-state index is 0.614. The molecule has 9 rings (SSSR count). The van der Waals surface area contributed by atoms with Crippen LogP contribution in [0.1, 0.15) is 0 Å². The van der Waals surface area contributed by atoms with E-state index in [1.165, 1.54) is 5.56 Å². The van der Waals surface area contributed by atoms with E-state index in [1.54, 1.807) is 0 Å². The average molecular weight is 690 g/mol. The van der Waals surface area contributed by atoms with E-state index in [4.69, 9.17) is 15.0 Å². The summed E-state index contributed by atoms with van der Waals surface area (Å²) < 4.78 is 0. The molecule has 0 aliphatic rings. The highest BCUT2D eigenvalue weighted by Crippen LogP contribution is 2.38. The summed E-state index contributed by atoms with van der Waals surface area (Å²) in [5, 5.41) is 0. The molecule has 0 bridgehead atoms. The fourth-order valence-electron chi connectivity index (χ4n) is 7.02. The van der Waals surface area contributed by atoms with Gasteiger partial charge in [0.15, 0.2) is 17.5 Å². The number of benzene rings is 8. The largest absolute Gasteiger partial charge is 0.208 e. The van der Waals surface area contributed by atoms with Crippen LogP contribution < -0.4 is 0 Å². The number of nitrogens with zero attached hydrogens (tertiary/aromatic N) is 3. The highest BCUT2D eigenvalue weighted by Gasteiger charge is 2.19. The Bertz CT molecular complexity index is 2660. The zero-order valence-corrected chi connectivity index (χ0v) is 29.5. The minimum absolute atomic E-state index is 0.614. The van der Waals surface area contributed by atoms with Gasteiger partial charge in [0.2, 0.25) is 0 Å². The van der Waals surface area contributed by atoms with Gasteiger partial charge in [-0.15, -0.1) is 0 Å². The Labute approximate surface area is 316 Å². The van der Waals surface area contributed by atoms with Crippen molar-refractivity contribution in [2.24, 2.45) is 0 Å². The molecule has 0 atom stereocenters. The molecule has 254 valence electrons. The predicted molar refractivity (Wildman–Crippen MR) is 223 cm³/mol. The van der Waals surface area contributed by atoms with Crippen LogP contribution in [0.15, 0.2) is 212 Å². The first-order valence-electron chi connectivity index (χ1n) is 18.2. The summed E-state index contributed by atoms with van der Waals surface area (Å²) in [6, 6.07) is 74.0. The van der Waals surface area contributed by atoms with Crippen LogP contribution in [0.25, 0.3) is 89.8 Å². The van der Waals surface area contributed by atoms with Gasteiger partial charge in [0.25, 0.3) is 0 Å². The lowest BCUT2D eigenvalue weighted by atomic mass is 9.92. The SMILES string of the molecule is c1ccc(-c2ccc(-c3nc(-c4ccc(-c5ccccc5)c(-c5ccccc5)c4)nc(-c4cc(-c5ccccc5)ccc4-c4ccccc4)n3)cc2)cc1. The average Bonchev–Trinajstić information content (AvgIpc) is 3.27. The van der Waals surface area contributed by atoms with Gasteiger partial charge in [-0.25, -0.2) is 15.0 Å². The van der Waals surface area contributed by atoms with Gasteiger partial charge in [-0.2, -0.15) is 0 Å². The Morgan fingerprint density at radius 3 is 1.02 bits per heavy atom. The third kappa shape index (κ3) is 6.74. The molecule has 8 aromatic carbocycles. The van der Waals surface area contributed by atoms with Crippen molar-refractivity contribution in [1.29, 1.82) is 0 Å². The number of aromatic nitrogens is 3. The Morgan fingerprint density at radius 2 is 0.500 bits per heavy atom. The van der Waals surface area contributed by atoms with Crippen molar-refractivity contribution in [2.45, 2.75) is 0 Å². The summed E-state index contributed by atoms with van der Waals surface area (Å²) in [6.07, 6.45) is 0. The highest BCUT2D eigenvalue weighted by molar-refractivity contribution is 5.88. The molecule has 3 nitrogen and oxygen atoms in total. The maximum Gasteiger partial charge on any atom is 0.164 e. The van der Waals surface area contributed by atoms with E-state index in [0.717, 1.165) is 66.8 Å². The lowest BCUT2D eigenvalue weighted by molar-refractivity contribution is 1.07. The Hall–Kier alpha value is -7.23. The molecule has 54 heavy (non-hydrogen) atoms. The van der Waals surface area contributed by atoms with Gasteiger partial charge in [-0.05, 0) is 67.8 Å². The van der Waals surface area contributed by atoms with Crippen LogP contribution >= 0.6 is 0 Å². The van der Waals surface area contributed by atoms with Crippen LogP contribution in [0.2, 0.25) is 0 Å². The van der Waals surface area contributed by atoms with Gasteiger partial charge < -0.3 is 0 Å².